The number of hydrogen-bond donors (Lipinski definition) is 0. The molecule has 0 amide bonds. The zero-order chi connectivity index (χ0) is 26.7. The van der Waals surface area contributed by atoms with Gasteiger partial charge in [-0.25, -0.2) is 25.9 Å². The molecule has 0 aliphatic rings. The fraction of sp³-hybridized carbons (Fsp3) is 0.160. The average Bonchev–Trinajstić information content (AvgIpc) is 3.30. The molecule has 0 saturated heterocycles. The molecule has 0 bridgehead atoms. The Morgan fingerprint density at radius 3 is 2.38 bits per heavy atom. The van der Waals surface area contributed by atoms with E-state index in [2.05, 4.69) is 10.1 Å². The highest BCUT2D eigenvalue weighted by Crippen LogP contribution is 2.38. The number of carbonyl (C=O) groups is 1. The Morgan fingerprint density at radius 1 is 1.03 bits per heavy atom. The number of esters is 1. The highest BCUT2D eigenvalue weighted by atomic mass is 32.2. The smallest absolute Gasteiger partial charge is 0.304 e. The second kappa shape index (κ2) is 10.4. The van der Waals surface area contributed by atoms with Gasteiger partial charge in [-0.2, -0.15) is 5.10 Å². The van der Waals surface area contributed by atoms with Gasteiger partial charge >= 0.3 is 5.97 Å². The molecule has 12 heteroatoms. The van der Waals surface area contributed by atoms with Crippen molar-refractivity contribution in [2.45, 2.75) is 25.3 Å². The summed E-state index contributed by atoms with van der Waals surface area (Å²) in [5, 5.41) is 4.31. The maximum absolute atomic E-state index is 16.1. The van der Waals surface area contributed by atoms with E-state index in [1.165, 1.54) is 29.2 Å². The number of aromatic nitrogens is 3. The van der Waals surface area contributed by atoms with Gasteiger partial charge in [0, 0.05) is 37.6 Å². The number of pyridine rings is 1. The van der Waals surface area contributed by atoms with Crippen LogP contribution in [0.5, 0.6) is 0 Å². The molecule has 192 valence electrons. The fourth-order valence-corrected chi connectivity index (χ4v) is 5.05. The number of ether oxygens (including phenoxy) is 1. The summed E-state index contributed by atoms with van der Waals surface area (Å²) in [5.41, 5.74) is -0.395. The van der Waals surface area contributed by atoms with Crippen molar-refractivity contribution in [3.63, 3.8) is 0 Å². The summed E-state index contributed by atoms with van der Waals surface area (Å²) in [5.74, 6) is -4.25. The zero-order valence-corrected chi connectivity index (χ0v) is 20.5. The molecule has 0 aliphatic heterocycles. The van der Waals surface area contributed by atoms with E-state index >= 15 is 8.78 Å². The van der Waals surface area contributed by atoms with E-state index in [4.69, 9.17) is 4.74 Å². The Labute approximate surface area is 211 Å². The van der Waals surface area contributed by atoms with Gasteiger partial charge in [-0.1, -0.05) is 12.1 Å². The molecule has 4 rings (SSSR count). The van der Waals surface area contributed by atoms with Crippen LogP contribution in [0.25, 0.3) is 22.4 Å². The van der Waals surface area contributed by atoms with Crippen LogP contribution < -0.4 is 4.31 Å². The van der Waals surface area contributed by atoms with E-state index in [0.29, 0.717) is 22.0 Å². The number of carbonyl (C=O) groups excluding carboxylic acids is 1. The van der Waals surface area contributed by atoms with Crippen LogP contribution in [0.1, 0.15) is 13.8 Å². The average molecular weight is 531 g/mol. The number of anilines is 1. The van der Waals surface area contributed by atoms with E-state index in [9.17, 15) is 17.6 Å². The Balaban J connectivity index is 1.94. The van der Waals surface area contributed by atoms with Crippen LogP contribution in [0.15, 0.2) is 72.0 Å². The lowest BCUT2D eigenvalue weighted by Crippen LogP contribution is -2.35. The minimum Gasteiger partial charge on any atom is -0.443 e. The molecule has 8 nitrogen and oxygen atoms in total. The molecule has 0 spiro atoms. The summed E-state index contributed by atoms with van der Waals surface area (Å²) in [6, 6.07) is 9.48. The third-order valence-electron chi connectivity index (χ3n) is 5.44. The molecule has 0 unspecified atom stereocenters. The van der Waals surface area contributed by atoms with Gasteiger partial charge in [0.25, 0.3) is 10.0 Å². The number of sulfonamides is 1. The topological polar surface area (TPSA) is 94.4 Å². The molecular weight excluding hydrogens is 509 g/mol. The molecule has 0 N–H and O–H groups in total. The second-order valence-electron chi connectivity index (χ2n) is 7.79. The molecule has 37 heavy (non-hydrogen) atoms. The van der Waals surface area contributed by atoms with Crippen LogP contribution in [-0.4, -0.2) is 35.9 Å². The lowest BCUT2D eigenvalue weighted by molar-refractivity contribution is -0.140. The summed E-state index contributed by atoms with van der Waals surface area (Å²) in [4.78, 5) is 14.7. The highest BCUT2D eigenvalue weighted by molar-refractivity contribution is 7.92. The molecule has 0 fully saturated rings. The van der Waals surface area contributed by atoms with Crippen molar-refractivity contribution in [1.82, 2.24) is 14.8 Å². The Hall–Kier alpha value is -4.19. The third kappa shape index (κ3) is 5.05. The standard InChI is InChI=1S/C25H21F3N4O4S/c1-3-31-14-18(17-10-12-29-13-11-17)25(30-31)23-20(27)8-9-21(24(23)28)32(15-36-16(2)33)37(34,35)22-7-5-4-6-19(22)26/h4-14H,3,15H2,1-2H3. The molecule has 2 heterocycles. The van der Waals surface area contributed by atoms with Crippen molar-refractivity contribution < 1.29 is 31.1 Å². The van der Waals surface area contributed by atoms with Crippen LogP contribution >= 0.6 is 0 Å². The van der Waals surface area contributed by atoms with E-state index in [1.54, 1.807) is 25.3 Å². The van der Waals surface area contributed by atoms with Gasteiger partial charge in [0.1, 0.15) is 22.2 Å². The predicted octanol–water partition coefficient (Wildman–Crippen LogP) is 4.77. The SMILES string of the molecule is CCn1cc(-c2ccncc2)c(-c2c(F)ccc(N(COC(C)=O)S(=O)(=O)c3ccccc3F)c2F)n1. The van der Waals surface area contributed by atoms with Crippen molar-refractivity contribution in [3.8, 4) is 22.4 Å². The first-order valence-corrected chi connectivity index (χ1v) is 12.5. The normalized spacial score (nSPS) is 11.4. The molecule has 0 radical (unpaired) electrons. The largest absolute Gasteiger partial charge is 0.443 e. The maximum atomic E-state index is 16.1. The molecule has 2 aromatic heterocycles. The van der Waals surface area contributed by atoms with E-state index in [-0.39, 0.29) is 5.69 Å². The van der Waals surface area contributed by atoms with Crippen molar-refractivity contribution in [2.75, 3.05) is 11.0 Å². The summed E-state index contributed by atoms with van der Waals surface area (Å²) in [6.45, 7) is 2.23. The van der Waals surface area contributed by atoms with Crippen molar-refractivity contribution in [1.29, 1.82) is 0 Å². The van der Waals surface area contributed by atoms with Crippen LogP contribution in [0.2, 0.25) is 0 Å². The summed E-state index contributed by atoms with van der Waals surface area (Å²) >= 11 is 0. The van der Waals surface area contributed by atoms with Crippen LogP contribution in [-0.2, 0) is 26.1 Å². The molecule has 2 aromatic carbocycles. The first-order valence-electron chi connectivity index (χ1n) is 11.0. The van der Waals surface area contributed by atoms with Crippen LogP contribution in [0.4, 0.5) is 18.9 Å². The highest BCUT2D eigenvalue weighted by Gasteiger charge is 2.33. The first-order chi connectivity index (χ1) is 17.6. The van der Waals surface area contributed by atoms with Gasteiger partial charge < -0.3 is 4.74 Å². The number of benzene rings is 2. The molecule has 0 saturated carbocycles. The number of halogens is 3. The van der Waals surface area contributed by atoms with Crippen molar-refractivity contribution in [2.24, 2.45) is 0 Å². The van der Waals surface area contributed by atoms with Gasteiger partial charge in [-0.15, -0.1) is 0 Å². The molecule has 4 aromatic rings. The van der Waals surface area contributed by atoms with E-state index < -0.39 is 56.3 Å². The van der Waals surface area contributed by atoms with E-state index in [1.807, 2.05) is 0 Å². The van der Waals surface area contributed by atoms with Gasteiger partial charge in [-0.05, 0) is 48.9 Å². The lowest BCUT2D eigenvalue weighted by atomic mass is 10.0. The predicted molar refractivity (Wildman–Crippen MR) is 129 cm³/mol. The maximum Gasteiger partial charge on any atom is 0.304 e. The molecule has 0 atom stereocenters. The minimum atomic E-state index is -4.79. The third-order valence-corrected chi connectivity index (χ3v) is 7.21. The Bertz CT molecular complexity index is 1560. The summed E-state index contributed by atoms with van der Waals surface area (Å²) < 4.78 is 79.2. The number of aryl methyl sites for hydroxylation is 1. The first kappa shape index (κ1) is 25.9. The van der Waals surface area contributed by atoms with Gasteiger partial charge in [0.15, 0.2) is 12.5 Å². The Morgan fingerprint density at radius 2 is 1.73 bits per heavy atom. The minimum absolute atomic E-state index is 0.0828. The molecule has 0 aliphatic carbocycles. The number of hydrogen-bond acceptors (Lipinski definition) is 6. The van der Waals surface area contributed by atoms with Gasteiger partial charge in [0.2, 0.25) is 0 Å². The Kier molecular flexibility index (Phi) is 7.30. The number of rotatable bonds is 8. The number of nitrogens with zero attached hydrogens (tertiary/aromatic N) is 4. The van der Waals surface area contributed by atoms with Crippen LogP contribution in [0.3, 0.4) is 0 Å². The van der Waals surface area contributed by atoms with Crippen LogP contribution in [0, 0.1) is 17.5 Å². The van der Waals surface area contributed by atoms with Crippen molar-refractivity contribution >= 4 is 21.7 Å². The molecular formula is C25H21F3N4O4S. The quantitative estimate of drug-likeness (QED) is 0.241. The zero-order valence-electron chi connectivity index (χ0n) is 19.7. The van der Waals surface area contributed by atoms with Gasteiger partial charge in [0.05, 0.1) is 11.3 Å². The second-order valence-corrected chi connectivity index (χ2v) is 9.62. The van der Waals surface area contributed by atoms with E-state index in [0.717, 1.165) is 31.2 Å². The summed E-state index contributed by atoms with van der Waals surface area (Å²) in [7, 11) is -4.79. The van der Waals surface area contributed by atoms with Gasteiger partial charge in [-0.3, -0.25) is 14.5 Å². The van der Waals surface area contributed by atoms with Crippen molar-refractivity contribution in [3.05, 3.63) is 84.6 Å². The fourth-order valence-electron chi connectivity index (χ4n) is 3.65. The monoisotopic (exact) mass is 530 g/mol. The summed E-state index contributed by atoms with van der Waals surface area (Å²) in [6.07, 6.45) is 4.61. The lowest BCUT2D eigenvalue weighted by Gasteiger charge is -2.25.